The van der Waals surface area contributed by atoms with Gasteiger partial charge in [-0.3, -0.25) is 0 Å². The molecule has 1 unspecified atom stereocenters. The second kappa shape index (κ2) is 7.64. The summed E-state index contributed by atoms with van der Waals surface area (Å²) in [6.07, 6.45) is 1.02. The number of benzene rings is 2. The highest BCUT2D eigenvalue weighted by Crippen LogP contribution is 2.27. The van der Waals surface area contributed by atoms with Gasteiger partial charge in [-0.05, 0) is 51.2 Å². The molecule has 2 aromatic carbocycles. The molecular formula is C17H22FN3. The van der Waals surface area contributed by atoms with Crippen LogP contribution in [-0.2, 0) is 0 Å². The fraction of sp³-hybridized carbons (Fsp3) is 0.294. The summed E-state index contributed by atoms with van der Waals surface area (Å²) < 4.78 is 13.7. The lowest BCUT2D eigenvalue weighted by Gasteiger charge is -2.19. The molecule has 0 saturated carbocycles. The topological polar surface area (TPSA) is 36.1 Å². The van der Waals surface area contributed by atoms with Gasteiger partial charge in [-0.1, -0.05) is 24.3 Å². The van der Waals surface area contributed by atoms with Gasteiger partial charge in [0.25, 0.3) is 0 Å². The number of halogens is 1. The van der Waals surface area contributed by atoms with Gasteiger partial charge in [0, 0.05) is 6.04 Å². The van der Waals surface area contributed by atoms with Gasteiger partial charge in [-0.25, -0.2) is 4.39 Å². The maximum Gasteiger partial charge on any atom is 0.146 e. The summed E-state index contributed by atoms with van der Waals surface area (Å²) in [7, 11) is 1.94. The minimum atomic E-state index is -0.254. The Kier molecular flexibility index (Phi) is 5.58. The van der Waals surface area contributed by atoms with E-state index in [1.54, 1.807) is 12.1 Å². The number of hydrogen-bond donors (Lipinski definition) is 3. The number of hydrogen-bond acceptors (Lipinski definition) is 3. The molecule has 112 valence electrons. The zero-order chi connectivity index (χ0) is 15.1. The molecule has 0 aliphatic carbocycles. The van der Waals surface area contributed by atoms with Crippen molar-refractivity contribution in [3.8, 4) is 0 Å². The maximum absolute atomic E-state index is 13.7. The Morgan fingerprint density at radius 1 is 0.952 bits per heavy atom. The largest absolute Gasteiger partial charge is 0.381 e. The van der Waals surface area contributed by atoms with Gasteiger partial charge in [0.15, 0.2) is 0 Å². The second-order valence-corrected chi connectivity index (χ2v) is 5.09. The summed E-state index contributed by atoms with van der Waals surface area (Å²) >= 11 is 0. The molecule has 4 heteroatoms. The van der Waals surface area contributed by atoms with E-state index in [-0.39, 0.29) is 5.82 Å². The summed E-state index contributed by atoms with van der Waals surface area (Å²) in [5.74, 6) is -0.254. The monoisotopic (exact) mass is 287 g/mol. The molecule has 0 heterocycles. The molecule has 0 radical (unpaired) electrons. The maximum atomic E-state index is 13.7. The molecule has 0 aromatic heterocycles. The summed E-state index contributed by atoms with van der Waals surface area (Å²) in [4.78, 5) is 0. The molecule has 0 aliphatic heterocycles. The van der Waals surface area contributed by atoms with Crippen molar-refractivity contribution in [1.29, 1.82) is 0 Å². The van der Waals surface area contributed by atoms with Crippen LogP contribution in [-0.4, -0.2) is 19.6 Å². The van der Waals surface area contributed by atoms with Crippen LogP contribution in [0.5, 0.6) is 0 Å². The van der Waals surface area contributed by atoms with Crippen molar-refractivity contribution in [2.75, 3.05) is 24.2 Å². The van der Waals surface area contributed by atoms with Crippen LogP contribution in [0.4, 0.5) is 21.5 Å². The molecule has 0 amide bonds. The van der Waals surface area contributed by atoms with E-state index in [2.05, 4.69) is 22.9 Å². The van der Waals surface area contributed by atoms with Crippen molar-refractivity contribution in [2.24, 2.45) is 0 Å². The van der Waals surface area contributed by atoms with E-state index in [0.29, 0.717) is 11.7 Å². The van der Waals surface area contributed by atoms with Crippen LogP contribution in [0.1, 0.15) is 13.3 Å². The third-order valence-corrected chi connectivity index (χ3v) is 3.30. The molecular weight excluding hydrogens is 265 g/mol. The molecule has 3 nitrogen and oxygen atoms in total. The third kappa shape index (κ3) is 4.46. The summed E-state index contributed by atoms with van der Waals surface area (Å²) in [5.41, 5.74) is 2.33. The first-order valence-electron chi connectivity index (χ1n) is 7.22. The first-order chi connectivity index (χ1) is 10.2. The minimum absolute atomic E-state index is 0.254. The van der Waals surface area contributed by atoms with Crippen molar-refractivity contribution in [1.82, 2.24) is 5.32 Å². The predicted molar refractivity (Wildman–Crippen MR) is 87.8 cm³/mol. The Bertz CT molecular complexity index is 571. The van der Waals surface area contributed by atoms with Crippen LogP contribution >= 0.6 is 0 Å². The van der Waals surface area contributed by atoms with Crippen LogP contribution in [0.3, 0.4) is 0 Å². The van der Waals surface area contributed by atoms with Gasteiger partial charge in [-0.15, -0.1) is 0 Å². The molecule has 1 atom stereocenters. The molecule has 0 bridgehead atoms. The van der Waals surface area contributed by atoms with Crippen molar-refractivity contribution in [3.05, 3.63) is 54.3 Å². The van der Waals surface area contributed by atoms with E-state index in [0.717, 1.165) is 24.3 Å². The number of para-hydroxylation sites is 3. The van der Waals surface area contributed by atoms with E-state index in [1.165, 1.54) is 6.07 Å². The van der Waals surface area contributed by atoms with E-state index in [4.69, 9.17) is 0 Å². The van der Waals surface area contributed by atoms with Crippen LogP contribution in [0.25, 0.3) is 0 Å². The van der Waals surface area contributed by atoms with E-state index < -0.39 is 0 Å². The summed E-state index contributed by atoms with van der Waals surface area (Å²) in [5, 5.41) is 9.75. The van der Waals surface area contributed by atoms with Crippen molar-refractivity contribution in [3.63, 3.8) is 0 Å². The Morgan fingerprint density at radius 2 is 1.57 bits per heavy atom. The van der Waals surface area contributed by atoms with E-state index in [9.17, 15) is 4.39 Å². The zero-order valence-electron chi connectivity index (χ0n) is 12.5. The molecule has 0 aliphatic rings. The molecule has 0 saturated heterocycles. The minimum Gasteiger partial charge on any atom is -0.381 e. The number of nitrogens with one attached hydrogen (secondary N) is 3. The van der Waals surface area contributed by atoms with Gasteiger partial charge < -0.3 is 16.0 Å². The fourth-order valence-corrected chi connectivity index (χ4v) is 2.12. The lowest BCUT2D eigenvalue weighted by molar-refractivity contribution is 0.632. The first-order valence-corrected chi connectivity index (χ1v) is 7.22. The molecule has 0 fully saturated rings. The SMILES string of the molecule is CNCCC(C)Nc1ccccc1Nc1ccccc1F. The van der Waals surface area contributed by atoms with Crippen molar-refractivity contribution in [2.45, 2.75) is 19.4 Å². The quantitative estimate of drug-likeness (QED) is 0.721. The normalized spacial score (nSPS) is 12.0. The molecule has 2 aromatic rings. The van der Waals surface area contributed by atoms with Crippen molar-refractivity contribution >= 4 is 17.1 Å². The Morgan fingerprint density at radius 3 is 2.24 bits per heavy atom. The van der Waals surface area contributed by atoms with Gasteiger partial charge in [0.2, 0.25) is 0 Å². The highest BCUT2D eigenvalue weighted by Gasteiger charge is 2.07. The zero-order valence-corrected chi connectivity index (χ0v) is 12.5. The molecule has 2 rings (SSSR count). The Labute approximate surface area is 125 Å². The second-order valence-electron chi connectivity index (χ2n) is 5.09. The van der Waals surface area contributed by atoms with Crippen LogP contribution < -0.4 is 16.0 Å². The van der Waals surface area contributed by atoms with Crippen LogP contribution in [0, 0.1) is 5.82 Å². The van der Waals surface area contributed by atoms with Gasteiger partial charge in [0.1, 0.15) is 5.82 Å². The van der Waals surface area contributed by atoms with Gasteiger partial charge in [0.05, 0.1) is 17.1 Å². The molecule has 0 spiro atoms. The Hall–Kier alpha value is -2.07. The lowest BCUT2D eigenvalue weighted by atomic mass is 10.2. The summed E-state index contributed by atoms with van der Waals surface area (Å²) in [6.45, 7) is 3.09. The van der Waals surface area contributed by atoms with Gasteiger partial charge >= 0.3 is 0 Å². The fourth-order valence-electron chi connectivity index (χ4n) is 2.12. The number of anilines is 3. The van der Waals surface area contributed by atoms with E-state index >= 15 is 0 Å². The number of rotatable bonds is 7. The lowest BCUT2D eigenvalue weighted by Crippen LogP contribution is -2.21. The van der Waals surface area contributed by atoms with E-state index in [1.807, 2.05) is 37.4 Å². The van der Waals surface area contributed by atoms with Crippen molar-refractivity contribution < 1.29 is 4.39 Å². The van der Waals surface area contributed by atoms with Gasteiger partial charge in [-0.2, -0.15) is 0 Å². The first kappa shape index (κ1) is 15.3. The predicted octanol–water partition coefficient (Wildman–Crippen LogP) is 3.98. The standard InChI is InChI=1S/C17H22FN3/c1-13(11-12-19-2)20-16-9-5-6-10-17(16)21-15-8-4-3-7-14(15)18/h3-10,13,19-21H,11-12H2,1-2H3. The average Bonchev–Trinajstić information content (AvgIpc) is 2.49. The average molecular weight is 287 g/mol. The summed E-state index contributed by atoms with van der Waals surface area (Å²) in [6, 6.07) is 14.9. The van der Waals surface area contributed by atoms with Crippen LogP contribution in [0.15, 0.2) is 48.5 Å². The molecule has 21 heavy (non-hydrogen) atoms. The third-order valence-electron chi connectivity index (χ3n) is 3.30. The highest BCUT2D eigenvalue weighted by molar-refractivity contribution is 5.74. The Balaban J connectivity index is 2.12. The van der Waals surface area contributed by atoms with Crippen LogP contribution in [0.2, 0.25) is 0 Å². The smallest absolute Gasteiger partial charge is 0.146 e. The molecule has 3 N–H and O–H groups in total. The highest BCUT2D eigenvalue weighted by atomic mass is 19.1.